The highest BCUT2D eigenvalue weighted by molar-refractivity contribution is 5.97. The lowest BCUT2D eigenvalue weighted by molar-refractivity contribution is -0.126. The van der Waals surface area contributed by atoms with E-state index in [1.165, 1.54) is 21.3 Å². The number of carbonyl (C=O) groups is 2. The molecule has 1 fully saturated rings. The third-order valence-corrected chi connectivity index (χ3v) is 4.04. The maximum atomic E-state index is 12.4. The first kappa shape index (κ1) is 20.0. The van der Waals surface area contributed by atoms with Crippen LogP contribution in [0.2, 0.25) is 0 Å². The zero-order valence-electron chi connectivity index (χ0n) is 15.4. The summed E-state index contributed by atoms with van der Waals surface area (Å²) in [6, 6.07) is 3.23. The van der Waals surface area contributed by atoms with Gasteiger partial charge in [0.1, 0.15) is 6.23 Å². The Balaban J connectivity index is 1.88. The summed E-state index contributed by atoms with van der Waals surface area (Å²) in [6.07, 6.45) is 0.648. The lowest BCUT2D eigenvalue weighted by Gasteiger charge is -2.24. The smallest absolute Gasteiger partial charge is 0.222 e. The quantitative estimate of drug-likeness (QED) is 0.633. The first-order chi connectivity index (χ1) is 12.6. The Hall–Kier alpha value is -2.32. The number of carbonyl (C=O) groups excluding carboxylic acids is 2. The molecule has 1 unspecified atom stereocenters. The van der Waals surface area contributed by atoms with Crippen molar-refractivity contribution in [1.82, 2.24) is 10.6 Å². The van der Waals surface area contributed by atoms with Crippen LogP contribution >= 0.6 is 0 Å². The fraction of sp³-hybridized carbons (Fsp3) is 0.556. The summed E-state index contributed by atoms with van der Waals surface area (Å²) in [5.74, 6) is 1.07. The highest BCUT2D eigenvalue weighted by Gasteiger charge is 2.18. The van der Waals surface area contributed by atoms with E-state index in [4.69, 9.17) is 18.9 Å². The van der Waals surface area contributed by atoms with Gasteiger partial charge in [0.25, 0.3) is 0 Å². The van der Waals surface area contributed by atoms with Crippen LogP contribution in [-0.2, 0) is 9.53 Å². The zero-order chi connectivity index (χ0) is 18.9. The van der Waals surface area contributed by atoms with E-state index in [1.807, 2.05) is 0 Å². The fourth-order valence-corrected chi connectivity index (χ4v) is 2.71. The van der Waals surface area contributed by atoms with Gasteiger partial charge in [0.2, 0.25) is 11.7 Å². The van der Waals surface area contributed by atoms with E-state index in [9.17, 15) is 9.59 Å². The standard InChI is InChI=1S/C18H26N2O6/c1-23-14-9-12(10-15(24-2)18(14)25-3)13(21)5-4-6-16(22)20-17-11-19-7-8-26-17/h9-10,17,19H,4-8,11H2,1-3H3,(H,20,22). The van der Waals surface area contributed by atoms with E-state index >= 15 is 0 Å². The second-order valence-corrected chi connectivity index (χ2v) is 5.82. The highest BCUT2D eigenvalue weighted by atomic mass is 16.5. The van der Waals surface area contributed by atoms with E-state index in [-0.39, 0.29) is 30.8 Å². The molecule has 0 aliphatic carbocycles. The number of ketones is 1. The van der Waals surface area contributed by atoms with Gasteiger partial charge in [-0.2, -0.15) is 0 Å². The molecule has 144 valence electrons. The topological polar surface area (TPSA) is 95.1 Å². The molecule has 1 atom stereocenters. The van der Waals surface area contributed by atoms with Gasteiger partial charge >= 0.3 is 0 Å². The van der Waals surface area contributed by atoms with Gasteiger partial charge in [-0.05, 0) is 18.6 Å². The zero-order valence-corrected chi connectivity index (χ0v) is 15.4. The lowest BCUT2D eigenvalue weighted by Crippen LogP contribution is -2.48. The van der Waals surface area contributed by atoms with Crippen molar-refractivity contribution < 1.29 is 28.5 Å². The van der Waals surface area contributed by atoms with Crippen LogP contribution < -0.4 is 24.8 Å². The fourth-order valence-electron chi connectivity index (χ4n) is 2.71. The van der Waals surface area contributed by atoms with Gasteiger partial charge in [-0.3, -0.25) is 9.59 Å². The van der Waals surface area contributed by atoms with Gasteiger partial charge in [-0.25, -0.2) is 0 Å². The van der Waals surface area contributed by atoms with Crippen LogP contribution in [0.25, 0.3) is 0 Å². The Morgan fingerprint density at radius 3 is 2.38 bits per heavy atom. The van der Waals surface area contributed by atoms with Crippen molar-refractivity contribution in [2.45, 2.75) is 25.5 Å². The second-order valence-electron chi connectivity index (χ2n) is 5.82. The molecule has 1 aliphatic heterocycles. The summed E-state index contributed by atoms with van der Waals surface area (Å²) in [4.78, 5) is 24.4. The monoisotopic (exact) mass is 366 g/mol. The molecule has 2 N–H and O–H groups in total. The normalized spacial score (nSPS) is 16.7. The molecule has 1 heterocycles. The third-order valence-electron chi connectivity index (χ3n) is 4.04. The molecule has 0 saturated carbocycles. The molecular weight excluding hydrogens is 340 g/mol. The molecule has 0 spiro atoms. The summed E-state index contributed by atoms with van der Waals surface area (Å²) in [5, 5.41) is 5.93. The molecule has 2 rings (SSSR count). The van der Waals surface area contributed by atoms with Gasteiger partial charge in [-0.1, -0.05) is 0 Å². The minimum absolute atomic E-state index is 0.0902. The molecule has 1 amide bonds. The first-order valence-corrected chi connectivity index (χ1v) is 8.54. The van der Waals surface area contributed by atoms with Crippen molar-refractivity contribution in [2.75, 3.05) is 41.0 Å². The molecule has 8 heteroatoms. The molecule has 8 nitrogen and oxygen atoms in total. The molecule has 0 bridgehead atoms. The number of rotatable bonds is 9. The summed E-state index contributed by atoms with van der Waals surface area (Å²) in [5.41, 5.74) is 0.458. The largest absolute Gasteiger partial charge is 0.493 e. The maximum absolute atomic E-state index is 12.4. The van der Waals surface area contributed by atoms with Gasteiger partial charge in [0, 0.05) is 31.5 Å². The number of methoxy groups -OCH3 is 3. The predicted octanol–water partition coefficient (Wildman–Crippen LogP) is 1.13. The Labute approximate surface area is 153 Å². The van der Waals surface area contributed by atoms with Gasteiger partial charge in [-0.15, -0.1) is 0 Å². The predicted molar refractivity (Wildman–Crippen MR) is 95.0 cm³/mol. The SMILES string of the molecule is COc1cc(C(=O)CCCC(=O)NC2CNCCO2)cc(OC)c1OC. The lowest BCUT2D eigenvalue weighted by atomic mass is 10.0. The van der Waals surface area contributed by atoms with Crippen LogP contribution in [0.1, 0.15) is 29.6 Å². The molecule has 0 radical (unpaired) electrons. The average Bonchev–Trinajstić information content (AvgIpc) is 2.67. The van der Waals surface area contributed by atoms with Crippen LogP contribution in [0, 0.1) is 0 Å². The van der Waals surface area contributed by atoms with Gasteiger partial charge in [0.15, 0.2) is 17.3 Å². The van der Waals surface area contributed by atoms with Crippen molar-refractivity contribution >= 4 is 11.7 Å². The number of hydrogen-bond acceptors (Lipinski definition) is 7. The number of hydrogen-bond donors (Lipinski definition) is 2. The van der Waals surface area contributed by atoms with E-state index in [1.54, 1.807) is 12.1 Å². The number of Topliss-reactive ketones (excluding diaryl/α,β-unsaturated/α-hetero) is 1. The average molecular weight is 366 g/mol. The van der Waals surface area contributed by atoms with Gasteiger partial charge < -0.3 is 29.6 Å². The van der Waals surface area contributed by atoms with Crippen LogP contribution in [0.15, 0.2) is 12.1 Å². The van der Waals surface area contributed by atoms with Crippen molar-refractivity contribution in [3.8, 4) is 17.2 Å². The van der Waals surface area contributed by atoms with Crippen molar-refractivity contribution in [3.05, 3.63) is 17.7 Å². The third kappa shape index (κ3) is 5.34. The number of benzene rings is 1. The summed E-state index contributed by atoms with van der Waals surface area (Å²) in [6.45, 7) is 1.95. The number of morpholine rings is 1. The van der Waals surface area contributed by atoms with Gasteiger partial charge in [0.05, 0.1) is 27.9 Å². The van der Waals surface area contributed by atoms with Crippen LogP contribution in [0.3, 0.4) is 0 Å². The Morgan fingerprint density at radius 2 is 1.85 bits per heavy atom. The molecule has 1 aromatic carbocycles. The molecule has 1 aromatic rings. The van der Waals surface area contributed by atoms with Crippen LogP contribution in [0.5, 0.6) is 17.2 Å². The van der Waals surface area contributed by atoms with E-state index < -0.39 is 0 Å². The van der Waals surface area contributed by atoms with Crippen LogP contribution in [-0.4, -0.2) is 58.9 Å². The highest BCUT2D eigenvalue weighted by Crippen LogP contribution is 2.38. The molecule has 0 aromatic heterocycles. The van der Waals surface area contributed by atoms with E-state index in [2.05, 4.69) is 10.6 Å². The summed E-state index contributed by atoms with van der Waals surface area (Å²) >= 11 is 0. The minimum Gasteiger partial charge on any atom is -0.493 e. The molecule has 1 saturated heterocycles. The summed E-state index contributed by atoms with van der Waals surface area (Å²) < 4.78 is 21.2. The first-order valence-electron chi connectivity index (χ1n) is 8.54. The molecular formula is C18H26N2O6. The number of ether oxygens (including phenoxy) is 4. The Kier molecular flexibility index (Phi) is 7.68. The Bertz CT molecular complexity index is 603. The van der Waals surface area contributed by atoms with E-state index in [0.29, 0.717) is 42.4 Å². The molecule has 26 heavy (non-hydrogen) atoms. The number of amides is 1. The van der Waals surface area contributed by atoms with Crippen molar-refractivity contribution in [2.24, 2.45) is 0 Å². The Morgan fingerprint density at radius 1 is 1.15 bits per heavy atom. The van der Waals surface area contributed by atoms with Crippen LogP contribution in [0.4, 0.5) is 0 Å². The van der Waals surface area contributed by atoms with Crippen molar-refractivity contribution in [1.29, 1.82) is 0 Å². The number of nitrogens with one attached hydrogen (secondary N) is 2. The van der Waals surface area contributed by atoms with Crippen molar-refractivity contribution in [3.63, 3.8) is 0 Å². The summed E-state index contributed by atoms with van der Waals surface area (Å²) in [7, 11) is 4.50. The molecule has 1 aliphatic rings. The maximum Gasteiger partial charge on any atom is 0.222 e. The second kappa shape index (κ2) is 9.98. The minimum atomic E-state index is -0.304. The van der Waals surface area contributed by atoms with E-state index in [0.717, 1.165) is 6.54 Å².